The van der Waals surface area contributed by atoms with Gasteiger partial charge in [0, 0.05) is 12.0 Å². The Kier molecular flexibility index (Phi) is 3.40. The van der Waals surface area contributed by atoms with Crippen LogP contribution in [0.15, 0.2) is 12.2 Å². The molecule has 0 radical (unpaired) electrons. The van der Waals surface area contributed by atoms with Crippen molar-refractivity contribution in [2.75, 3.05) is 6.61 Å². The van der Waals surface area contributed by atoms with E-state index in [-0.39, 0.29) is 5.97 Å². The number of hydrogen-bond donors (Lipinski definition) is 0. The molecule has 2 heteroatoms. The predicted molar refractivity (Wildman–Crippen MR) is 46.3 cm³/mol. The van der Waals surface area contributed by atoms with Gasteiger partial charge in [-0.15, -0.1) is 0 Å². The molecule has 1 fully saturated rings. The van der Waals surface area contributed by atoms with Crippen LogP contribution in [0.1, 0.15) is 19.8 Å². The average Bonchev–Trinajstić information content (AvgIpc) is 2.82. The SMILES string of the molecule is CCOC(=O)/C=C\C#CC1CC1. The molecule has 0 unspecified atom stereocenters. The maximum Gasteiger partial charge on any atom is 0.331 e. The van der Waals surface area contributed by atoms with Crippen LogP contribution in [0.4, 0.5) is 0 Å². The lowest BCUT2D eigenvalue weighted by molar-refractivity contribution is -0.137. The Hall–Kier alpha value is -1.23. The van der Waals surface area contributed by atoms with Gasteiger partial charge in [-0.25, -0.2) is 4.79 Å². The first-order valence-electron chi connectivity index (χ1n) is 4.17. The van der Waals surface area contributed by atoms with Gasteiger partial charge in [0.05, 0.1) is 6.61 Å². The third-order valence-electron chi connectivity index (χ3n) is 1.45. The summed E-state index contributed by atoms with van der Waals surface area (Å²) in [6.07, 6.45) is 5.33. The van der Waals surface area contributed by atoms with E-state index in [1.54, 1.807) is 13.0 Å². The van der Waals surface area contributed by atoms with Gasteiger partial charge in [0.25, 0.3) is 0 Å². The van der Waals surface area contributed by atoms with Crippen molar-refractivity contribution >= 4 is 5.97 Å². The van der Waals surface area contributed by atoms with Crippen molar-refractivity contribution in [2.24, 2.45) is 5.92 Å². The summed E-state index contributed by atoms with van der Waals surface area (Å²) in [6, 6.07) is 0. The topological polar surface area (TPSA) is 26.3 Å². The van der Waals surface area contributed by atoms with Gasteiger partial charge in [-0.05, 0) is 25.8 Å². The molecule has 1 rings (SSSR count). The second-order valence-electron chi connectivity index (χ2n) is 2.65. The molecule has 1 saturated carbocycles. The first-order chi connectivity index (χ1) is 5.83. The lowest BCUT2D eigenvalue weighted by Gasteiger charge is -1.91. The summed E-state index contributed by atoms with van der Waals surface area (Å²) in [6.45, 7) is 2.20. The van der Waals surface area contributed by atoms with E-state index in [2.05, 4.69) is 16.6 Å². The summed E-state index contributed by atoms with van der Waals surface area (Å²) < 4.78 is 4.67. The fourth-order valence-corrected chi connectivity index (χ4v) is 0.694. The smallest absolute Gasteiger partial charge is 0.331 e. The molecule has 2 nitrogen and oxygen atoms in total. The number of ether oxygens (including phenoxy) is 1. The van der Waals surface area contributed by atoms with Gasteiger partial charge in [-0.3, -0.25) is 0 Å². The van der Waals surface area contributed by atoms with Gasteiger partial charge in [0.2, 0.25) is 0 Å². The fraction of sp³-hybridized carbons (Fsp3) is 0.500. The Labute approximate surface area is 72.6 Å². The Morgan fingerprint density at radius 3 is 3.00 bits per heavy atom. The van der Waals surface area contributed by atoms with E-state index < -0.39 is 0 Å². The number of hydrogen-bond acceptors (Lipinski definition) is 2. The van der Waals surface area contributed by atoms with E-state index in [9.17, 15) is 4.79 Å². The van der Waals surface area contributed by atoms with E-state index in [1.165, 1.54) is 18.9 Å². The standard InChI is InChI=1S/C10H12O2/c1-2-12-10(11)6-4-3-5-9-7-8-9/h4,6,9H,2,7-8H2,1H3/b6-4-. The van der Waals surface area contributed by atoms with E-state index in [1.807, 2.05) is 0 Å². The molecule has 0 bridgehead atoms. The lowest BCUT2D eigenvalue weighted by atomic mass is 10.4. The molecule has 0 heterocycles. The van der Waals surface area contributed by atoms with Gasteiger partial charge >= 0.3 is 5.97 Å². The molecule has 0 atom stereocenters. The number of carbonyl (C=O) groups excluding carboxylic acids is 1. The summed E-state index contributed by atoms with van der Waals surface area (Å²) in [7, 11) is 0. The van der Waals surface area contributed by atoms with Crippen molar-refractivity contribution in [1.29, 1.82) is 0 Å². The summed E-state index contributed by atoms with van der Waals surface area (Å²) in [5.41, 5.74) is 0. The average molecular weight is 164 g/mol. The largest absolute Gasteiger partial charge is 0.463 e. The van der Waals surface area contributed by atoms with Crippen LogP contribution < -0.4 is 0 Å². The highest BCUT2D eigenvalue weighted by atomic mass is 16.5. The minimum absolute atomic E-state index is 0.317. The minimum atomic E-state index is -0.317. The van der Waals surface area contributed by atoms with Crippen LogP contribution in [-0.4, -0.2) is 12.6 Å². The molecule has 12 heavy (non-hydrogen) atoms. The summed E-state index contributed by atoms with van der Waals surface area (Å²) in [4.78, 5) is 10.7. The quantitative estimate of drug-likeness (QED) is 0.351. The zero-order valence-corrected chi connectivity index (χ0v) is 7.17. The third-order valence-corrected chi connectivity index (χ3v) is 1.45. The van der Waals surface area contributed by atoms with Crippen LogP contribution in [0.5, 0.6) is 0 Å². The monoisotopic (exact) mass is 164 g/mol. The van der Waals surface area contributed by atoms with Crippen molar-refractivity contribution in [3.05, 3.63) is 12.2 Å². The molecule has 0 aromatic rings. The van der Waals surface area contributed by atoms with Crippen LogP contribution >= 0.6 is 0 Å². The molecule has 0 aromatic carbocycles. The molecule has 0 aliphatic heterocycles. The molecule has 0 amide bonds. The third kappa shape index (κ3) is 3.82. The molecule has 1 aliphatic carbocycles. The van der Waals surface area contributed by atoms with E-state index in [4.69, 9.17) is 0 Å². The van der Waals surface area contributed by atoms with Gasteiger partial charge in [0.15, 0.2) is 0 Å². The zero-order chi connectivity index (χ0) is 8.81. The normalized spacial score (nSPS) is 15.4. The predicted octanol–water partition coefficient (Wildman–Crippen LogP) is 1.52. The lowest BCUT2D eigenvalue weighted by Crippen LogP contribution is -1.98. The van der Waals surface area contributed by atoms with Crippen molar-refractivity contribution in [2.45, 2.75) is 19.8 Å². The summed E-state index contributed by atoms with van der Waals surface area (Å²) in [5, 5.41) is 0. The fourth-order valence-electron chi connectivity index (χ4n) is 0.694. The Morgan fingerprint density at radius 1 is 1.67 bits per heavy atom. The first-order valence-corrected chi connectivity index (χ1v) is 4.17. The van der Waals surface area contributed by atoms with Crippen LogP contribution in [0, 0.1) is 17.8 Å². The summed E-state index contributed by atoms with van der Waals surface area (Å²) >= 11 is 0. The van der Waals surface area contributed by atoms with Crippen LogP contribution in [0.3, 0.4) is 0 Å². The highest BCUT2D eigenvalue weighted by Gasteiger charge is 2.17. The molecule has 1 aliphatic rings. The zero-order valence-electron chi connectivity index (χ0n) is 7.17. The van der Waals surface area contributed by atoms with Gasteiger partial charge in [-0.1, -0.05) is 11.8 Å². The Morgan fingerprint density at radius 2 is 2.42 bits per heavy atom. The van der Waals surface area contributed by atoms with Crippen molar-refractivity contribution in [1.82, 2.24) is 0 Å². The minimum Gasteiger partial charge on any atom is -0.463 e. The Bertz CT molecular complexity index is 238. The number of rotatable bonds is 2. The molecule has 0 aromatic heterocycles. The maximum absolute atomic E-state index is 10.7. The van der Waals surface area contributed by atoms with Crippen LogP contribution in [0.2, 0.25) is 0 Å². The van der Waals surface area contributed by atoms with Crippen LogP contribution in [0.25, 0.3) is 0 Å². The van der Waals surface area contributed by atoms with E-state index >= 15 is 0 Å². The molecular formula is C10H12O2. The molecular weight excluding hydrogens is 152 g/mol. The number of esters is 1. The Balaban J connectivity index is 2.20. The molecule has 0 N–H and O–H groups in total. The van der Waals surface area contributed by atoms with Gasteiger partial charge in [-0.2, -0.15) is 0 Å². The van der Waals surface area contributed by atoms with Gasteiger partial charge < -0.3 is 4.74 Å². The van der Waals surface area contributed by atoms with Gasteiger partial charge in [0.1, 0.15) is 0 Å². The maximum atomic E-state index is 10.7. The number of carbonyl (C=O) groups is 1. The highest BCUT2D eigenvalue weighted by molar-refractivity contribution is 5.82. The number of allylic oxidation sites excluding steroid dienone is 1. The molecule has 0 saturated heterocycles. The van der Waals surface area contributed by atoms with Crippen LogP contribution in [-0.2, 0) is 9.53 Å². The first kappa shape index (κ1) is 8.86. The highest BCUT2D eigenvalue weighted by Crippen LogP contribution is 2.27. The molecule has 64 valence electrons. The summed E-state index contributed by atoms with van der Waals surface area (Å²) in [5.74, 6) is 6.08. The second-order valence-corrected chi connectivity index (χ2v) is 2.65. The van der Waals surface area contributed by atoms with E-state index in [0.29, 0.717) is 12.5 Å². The van der Waals surface area contributed by atoms with E-state index in [0.717, 1.165) is 0 Å². The van der Waals surface area contributed by atoms with Crippen molar-refractivity contribution in [3.63, 3.8) is 0 Å². The van der Waals surface area contributed by atoms with Crippen molar-refractivity contribution in [3.8, 4) is 11.8 Å². The van der Waals surface area contributed by atoms with Crippen molar-refractivity contribution < 1.29 is 9.53 Å². The second kappa shape index (κ2) is 4.61. The molecule has 0 spiro atoms.